The molecule has 102 valence electrons. The highest BCUT2D eigenvalue weighted by molar-refractivity contribution is 7.09. The van der Waals surface area contributed by atoms with Gasteiger partial charge in [0.15, 0.2) is 0 Å². The van der Waals surface area contributed by atoms with Gasteiger partial charge in [-0.1, -0.05) is 19.1 Å². The van der Waals surface area contributed by atoms with Crippen LogP contribution in [0.1, 0.15) is 23.5 Å². The summed E-state index contributed by atoms with van der Waals surface area (Å²) in [6.45, 7) is 3.80. The Hall–Kier alpha value is -1.85. The van der Waals surface area contributed by atoms with Gasteiger partial charge in [0.1, 0.15) is 0 Å². The van der Waals surface area contributed by atoms with Gasteiger partial charge >= 0.3 is 0 Å². The molecule has 0 fully saturated rings. The molecule has 0 radical (unpaired) electrons. The van der Waals surface area contributed by atoms with Crippen LogP contribution in [0, 0.1) is 0 Å². The lowest BCUT2D eigenvalue weighted by molar-refractivity contribution is 0.606. The average molecular weight is 284 g/mol. The Kier molecular flexibility index (Phi) is 3.99. The van der Waals surface area contributed by atoms with Gasteiger partial charge in [-0.05, 0) is 12.1 Å². The third-order valence-electron chi connectivity index (χ3n) is 3.13. The predicted octanol–water partition coefficient (Wildman–Crippen LogP) is 2.98. The largest absolute Gasteiger partial charge is 0.310 e. The second-order valence-electron chi connectivity index (χ2n) is 4.75. The van der Waals surface area contributed by atoms with Gasteiger partial charge in [0.2, 0.25) is 0 Å². The topological polar surface area (TPSA) is 50.7 Å². The maximum atomic E-state index is 4.60. The second-order valence-corrected chi connectivity index (χ2v) is 5.68. The molecule has 3 aromatic rings. The van der Waals surface area contributed by atoms with Crippen LogP contribution in [0.2, 0.25) is 0 Å². The zero-order valence-corrected chi connectivity index (χ0v) is 12.1. The fourth-order valence-corrected chi connectivity index (χ4v) is 2.76. The number of para-hydroxylation sites is 2. The van der Waals surface area contributed by atoms with Crippen LogP contribution in [0.3, 0.4) is 0 Å². The lowest BCUT2D eigenvalue weighted by Crippen LogP contribution is -2.20. The first kappa shape index (κ1) is 13.1. The Balaban J connectivity index is 1.59. The highest BCUT2D eigenvalue weighted by atomic mass is 32.1. The summed E-state index contributed by atoms with van der Waals surface area (Å²) in [4.78, 5) is 13.3. The van der Waals surface area contributed by atoms with Crippen LogP contribution in [-0.2, 0) is 6.54 Å². The fraction of sp³-hybridized carbons (Fsp3) is 0.267. The molecular weight excluding hydrogens is 268 g/mol. The Bertz CT molecular complexity index is 681. The molecule has 1 N–H and O–H groups in total. The van der Waals surface area contributed by atoms with E-state index in [0.717, 1.165) is 29.8 Å². The van der Waals surface area contributed by atoms with E-state index in [1.165, 1.54) is 5.01 Å². The van der Waals surface area contributed by atoms with E-state index in [2.05, 4.69) is 27.2 Å². The van der Waals surface area contributed by atoms with Crippen molar-refractivity contribution < 1.29 is 0 Å². The molecule has 1 unspecified atom stereocenters. The first-order valence-corrected chi connectivity index (χ1v) is 7.51. The summed E-state index contributed by atoms with van der Waals surface area (Å²) < 4.78 is 0. The molecule has 3 rings (SSSR count). The van der Waals surface area contributed by atoms with Crippen LogP contribution in [0.5, 0.6) is 0 Å². The molecular formula is C15H16N4S. The summed E-state index contributed by atoms with van der Waals surface area (Å²) in [6.07, 6.45) is 3.69. The van der Waals surface area contributed by atoms with Crippen molar-refractivity contribution in [1.29, 1.82) is 0 Å². The number of nitrogens with zero attached hydrogens (tertiary/aromatic N) is 3. The van der Waals surface area contributed by atoms with Gasteiger partial charge in [0.05, 0.1) is 27.9 Å². The number of rotatable bonds is 5. The maximum absolute atomic E-state index is 4.60. The van der Waals surface area contributed by atoms with Crippen LogP contribution in [0.4, 0.5) is 0 Å². The van der Waals surface area contributed by atoms with E-state index < -0.39 is 0 Å². The number of nitrogens with one attached hydrogen (secondary N) is 1. The molecule has 2 aromatic heterocycles. The molecule has 0 amide bonds. The summed E-state index contributed by atoms with van der Waals surface area (Å²) in [6, 6.07) is 7.93. The van der Waals surface area contributed by atoms with Crippen molar-refractivity contribution in [3.05, 3.63) is 52.7 Å². The van der Waals surface area contributed by atoms with Gasteiger partial charge in [-0.25, -0.2) is 9.97 Å². The number of thiazole rings is 1. The molecule has 4 nitrogen and oxygen atoms in total. The number of aromatic nitrogens is 3. The molecule has 0 spiro atoms. The van der Waals surface area contributed by atoms with Crippen molar-refractivity contribution in [2.75, 3.05) is 6.54 Å². The van der Waals surface area contributed by atoms with Gasteiger partial charge < -0.3 is 5.32 Å². The molecule has 1 atom stereocenters. The summed E-state index contributed by atoms with van der Waals surface area (Å²) in [5.74, 6) is 0.420. The minimum atomic E-state index is 0.420. The maximum Gasteiger partial charge on any atom is 0.0965 e. The monoisotopic (exact) mass is 284 g/mol. The molecule has 0 saturated carbocycles. The van der Waals surface area contributed by atoms with Crippen LogP contribution in [0.15, 0.2) is 42.0 Å². The Morgan fingerprint density at radius 2 is 2.05 bits per heavy atom. The molecule has 0 aliphatic rings. The quantitative estimate of drug-likeness (QED) is 0.782. The van der Waals surface area contributed by atoms with Crippen molar-refractivity contribution in [2.24, 2.45) is 0 Å². The Labute approximate surface area is 121 Å². The number of hydrogen-bond acceptors (Lipinski definition) is 5. The normalized spacial score (nSPS) is 12.7. The second kappa shape index (κ2) is 6.07. The van der Waals surface area contributed by atoms with Gasteiger partial charge in [-0.3, -0.25) is 4.98 Å². The van der Waals surface area contributed by atoms with E-state index in [9.17, 15) is 0 Å². The lowest BCUT2D eigenvalue weighted by atomic mass is 10.2. The van der Waals surface area contributed by atoms with Gasteiger partial charge in [-0.2, -0.15) is 0 Å². The molecule has 5 heteroatoms. The van der Waals surface area contributed by atoms with Crippen molar-refractivity contribution in [1.82, 2.24) is 20.3 Å². The van der Waals surface area contributed by atoms with E-state index in [-0.39, 0.29) is 0 Å². The van der Waals surface area contributed by atoms with E-state index in [1.54, 1.807) is 11.3 Å². The van der Waals surface area contributed by atoms with Gasteiger partial charge in [0.25, 0.3) is 0 Å². The molecule has 0 aliphatic carbocycles. The zero-order chi connectivity index (χ0) is 13.8. The minimum absolute atomic E-state index is 0.420. The number of benzene rings is 1. The Morgan fingerprint density at radius 3 is 2.85 bits per heavy atom. The summed E-state index contributed by atoms with van der Waals surface area (Å²) >= 11 is 1.70. The average Bonchev–Trinajstić information content (AvgIpc) is 3.01. The third kappa shape index (κ3) is 3.00. The minimum Gasteiger partial charge on any atom is -0.310 e. The van der Waals surface area contributed by atoms with Crippen LogP contribution < -0.4 is 5.32 Å². The molecule has 1 aromatic carbocycles. The van der Waals surface area contributed by atoms with Crippen LogP contribution in [0.25, 0.3) is 11.0 Å². The fourth-order valence-electron chi connectivity index (χ4n) is 2.06. The summed E-state index contributed by atoms with van der Waals surface area (Å²) in [5.41, 5.74) is 2.85. The first-order chi connectivity index (χ1) is 9.83. The first-order valence-electron chi connectivity index (χ1n) is 6.63. The number of fused-ring (bicyclic) bond motifs is 1. The summed E-state index contributed by atoms with van der Waals surface area (Å²) in [7, 11) is 0. The van der Waals surface area contributed by atoms with E-state index in [1.807, 2.05) is 42.0 Å². The standard InChI is InChI=1S/C15H16N4S/c1-11(15-17-6-7-20-15)8-16-9-12-10-18-13-4-2-3-5-14(13)19-12/h2-7,10-11,16H,8-9H2,1H3. The van der Waals surface area contributed by atoms with E-state index >= 15 is 0 Å². The molecule has 0 saturated heterocycles. The van der Waals surface area contributed by atoms with Gasteiger partial charge in [-0.15, -0.1) is 11.3 Å². The third-order valence-corrected chi connectivity index (χ3v) is 4.14. The summed E-state index contributed by atoms with van der Waals surface area (Å²) in [5, 5.41) is 6.60. The SMILES string of the molecule is CC(CNCc1cnc2ccccc2n1)c1nccs1. The van der Waals surface area contributed by atoms with Crippen molar-refractivity contribution in [3.8, 4) is 0 Å². The molecule has 0 bridgehead atoms. The number of hydrogen-bond donors (Lipinski definition) is 1. The van der Waals surface area contributed by atoms with Crippen molar-refractivity contribution in [3.63, 3.8) is 0 Å². The molecule has 2 heterocycles. The van der Waals surface area contributed by atoms with Crippen molar-refractivity contribution >= 4 is 22.4 Å². The predicted molar refractivity (Wildman–Crippen MR) is 81.8 cm³/mol. The Morgan fingerprint density at radius 1 is 1.20 bits per heavy atom. The van der Waals surface area contributed by atoms with E-state index in [4.69, 9.17) is 0 Å². The van der Waals surface area contributed by atoms with Crippen LogP contribution in [-0.4, -0.2) is 21.5 Å². The van der Waals surface area contributed by atoms with Crippen molar-refractivity contribution in [2.45, 2.75) is 19.4 Å². The van der Waals surface area contributed by atoms with Gasteiger partial charge in [0, 0.05) is 30.6 Å². The molecule has 20 heavy (non-hydrogen) atoms. The smallest absolute Gasteiger partial charge is 0.0965 e. The highest BCUT2D eigenvalue weighted by Crippen LogP contribution is 2.16. The highest BCUT2D eigenvalue weighted by Gasteiger charge is 2.07. The lowest BCUT2D eigenvalue weighted by Gasteiger charge is -2.09. The van der Waals surface area contributed by atoms with E-state index in [0.29, 0.717) is 5.92 Å². The van der Waals surface area contributed by atoms with Crippen LogP contribution >= 0.6 is 11.3 Å². The molecule has 0 aliphatic heterocycles. The zero-order valence-electron chi connectivity index (χ0n) is 11.3.